The van der Waals surface area contributed by atoms with Crippen LogP contribution in [0.1, 0.15) is 47.1 Å². The van der Waals surface area contributed by atoms with Crippen LogP contribution in [0, 0.1) is 0 Å². The summed E-state index contributed by atoms with van der Waals surface area (Å²) in [5.41, 5.74) is 11.5. The lowest BCUT2D eigenvalue weighted by Gasteiger charge is -2.12. The van der Waals surface area contributed by atoms with Crippen LogP contribution in [0.5, 0.6) is 0 Å². The molecule has 0 radical (unpaired) electrons. The number of pyridine rings is 1. The molecule has 0 bridgehead atoms. The third kappa shape index (κ3) is 4.16. The number of nitrogens with two attached hydrogens (primary N) is 1. The molecule has 0 saturated heterocycles. The molecule has 7 nitrogen and oxygen atoms in total. The van der Waals surface area contributed by atoms with E-state index in [4.69, 9.17) is 15.5 Å². The Balaban J connectivity index is 1.88. The average Bonchev–Trinajstić information content (AvgIpc) is 3.17. The molecule has 3 N–H and O–H groups in total. The summed E-state index contributed by atoms with van der Waals surface area (Å²) >= 11 is 0. The minimum absolute atomic E-state index is 0.371. The van der Waals surface area contributed by atoms with E-state index in [9.17, 15) is 4.79 Å². The molecule has 0 aliphatic carbocycles. The number of anilines is 1. The van der Waals surface area contributed by atoms with Gasteiger partial charge in [-0.3, -0.25) is 0 Å². The third-order valence-electron chi connectivity index (χ3n) is 5.70. The zero-order chi connectivity index (χ0) is 22.7. The molecule has 0 unspecified atom stereocenters. The molecule has 0 amide bonds. The smallest absolute Gasteiger partial charge is 0.337 e. The Morgan fingerprint density at radius 1 is 1.12 bits per heavy atom. The molecule has 2 aromatic carbocycles. The third-order valence-corrected chi connectivity index (χ3v) is 5.70. The van der Waals surface area contributed by atoms with Crippen molar-refractivity contribution in [3.8, 4) is 0 Å². The quantitative estimate of drug-likeness (QED) is 0.409. The second-order valence-electron chi connectivity index (χ2n) is 7.98. The van der Waals surface area contributed by atoms with Crippen LogP contribution in [-0.4, -0.2) is 34.7 Å². The van der Waals surface area contributed by atoms with Gasteiger partial charge in [-0.2, -0.15) is 0 Å². The predicted molar refractivity (Wildman–Crippen MR) is 128 cm³/mol. The summed E-state index contributed by atoms with van der Waals surface area (Å²) in [6.07, 6.45) is 2.99. The number of hydrogen-bond acceptors (Lipinski definition) is 6. The number of imidazole rings is 1. The van der Waals surface area contributed by atoms with Crippen molar-refractivity contribution >= 4 is 33.7 Å². The maximum atomic E-state index is 12.0. The summed E-state index contributed by atoms with van der Waals surface area (Å²) in [4.78, 5) is 21.4. The topological polar surface area (TPSA) is 95.1 Å². The van der Waals surface area contributed by atoms with Gasteiger partial charge in [0.25, 0.3) is 0 Å². The Morgan fingerprint density at radius 2 is 1.88 bits per heavy atom. The summed E-state index contributed by atoms with van der Waals surface area (Å²) in [6, 6.07) is 14.0. The molecule has 0 fully saturated rings. The van der Waals surface area contributed by atoms with Crippen LogP contribution < -0.4 is 11.1 Å². The highest BCUT2D eigenvalue weighted by atomic mass is 16.5. The first kappa shape index (κ1) is 21.8. The molecular weight excluding hydrogens is 402 g/mol. The maximum Gasteiger partial charge on any atom is 0.337 e. The van der Waals surface area contributed by atoms with Crippen molar-refractivity contribution in [2.45, 2.75) is 39.3 Å². The second kappa shape index (κ2) is 9.36. The fourth-order valence-corrected chi connectivity index (χ4v) is 4.05. The number of aromatic nitrogens is 3. The summed E-state index contributed by atoms with van der Waals surface area (Å²) < 4.78 is 7.11. The van der Waals surface area contributed by atoms with Gasteiger partial charge in [0.05, 0.1) is 23.7 Å². The second-order valence-corrected chi connectivity index (χ2v) is 7.98. The van der Waals surface area contributed by atoms with E-state index < -0.39 is 5.97 Å². The van der Waals surface area contributed by atoms with Crippen molar-refractivity contribution in [2.75, 3.05) is 19.9 Å². The van der Waals surface area contributed by atoms with Gasteiger partial charge >= 0.3 is 5.97 Å². The summed E-state index contributed by atoms with van der Waals surface area (Å²) in [5, 5.41) is 4.10. The first-order valence-corrected chi connectivity index (χ1v) is 10.9. The lowest BCUT2D eigenvalue weighted by atomic mass is 10.1. The number of unbranched alkanes of at least 4 members (excludes halogenated alkanes) is 1. The van der Waals surface area contributed by atoms with Crippen LogP contribution in [0.15, 0.2) is 42.5 Å². The molecule has 0 spiro atoms. The standard InChI is InChI=1S/C25H29N5O2/c1-4-5-6-21-29-22-23(30(21)15-17-9-7-16(8-10-17)14-27-2)19-12-11-18(25(31)32-3)13-20(19)28-24(22)26/h7-13,27H,4-6,14-15H2,1-3H3,(H2,26,28). The van der Waals surface area contributed by atoms with Gasteiger partial charge in [-0.05, 0) is 42.8 Å². The van der Waals surface area contributed by atoms with E-state index in [1.807, 2.05) is 13.1 Å². The van der Waals surface area contributed by atoms with Crippen LogP contribution in [-0.2, 0) is 24.2 Å². The Hall–Kier alpha value is -3.45. The largest absolute Gasteiger partial charge is 0.465 e. The Kier molecular flexibility index (Phi) is 6.37. The fourth-order valence-electron chi connectivity index (χ4n) is 4.05. The Morgan fingerprint density at radius 3 is 2.56 bits per heavy atom. The van der Waals surface area contributed by atoms with Crippen LogP contribution in [0.3, 0.4) is 0 Å². The van der Waals surface area contributed by atoms with Crippen molar-refractivity contribution < 1.29 is 9.53 Å². The molecule has 4 aromatic rings. The zero-order valence-electron chi connectivity index (χ0n) is 18.8. The number of esters is 1. The molecule has 2 aromatic heterocycles. The number of aryl methyl sites for hydroxylation is 1. The summed E-state index contributed by atoms with van der Waals surface area (Å²) in [5.74, 6) is 0.973. The van der Waals surface area contributed by atoms with Gasteiger partial charge in [0.1, 0.15) is 11.3 Å². The van der Waals surface area contributed by atoms with E-state index in [0.717, 1.165) is 42.5 Å². The van der Waals surface area contributed by atoms with Crippen LogP contribution in [0.25, 0.3) is 21.9 Å². The van der Waals surface area contributed by atoms with Gasteiger partial charge in [-0.1, -0.05) is 37.6 Å². The van der Waals surface area contributed by atoms with Crippen molar-refractivity contribution in [1.82, 2.24) is 19.9 Å². The Labute approximate surface area is 187 Å². The maximum absolute atomic E-state index is 12.0. The SMILES string of the molecule is CCCCc1nc2c(N)nc3cc(C(=O)OC)ccc3c2n1Cc1ccc(CNC)cc1. The molecule has 0 aliphatic rings. The molecule has 32 heavy (non-hydrogen) atoms. The molecule has 0 saturated carbocycles. The van der Waals surface area contributed by atoms with Gasteiger partial charge in [0.2, 0.25) is 0 Å². The number of rotatable bonds is 8. The molecule has 0 atom stereocenters. The van der Waals surface area contributed by atoms with Crippen LogP contribution in [0.4, 0.5) is 5.82 Å². The molecule has 0 aliphatic heterocycles. The van der Waals surface area contributed by atoms with Crippen molar-refractivity contribution in [3.05, 3.63) is 65.0 Å². The fraction of sp³-hybridized carbons (Fsp3) is 0.320. The highest BCUT2D eigenvalue weighted by Gasteiger charge is 2.18. The van der Waals surface area contributed by atoms with Gasteiger partial charge in [-0.15, -0.1) is 0 Å². The van der Waals surface area contributed by atoms with Gasteiger partial charge in [0, 0.05) is 24.9 Å². The highest BCUT2D eigenvalue weighted by molar-refractivity contribution is 6.08. The van der Waals surface area contributed by atoms with Gasteiger partial charge < -0.3 is 20.4 Å². The number of hydrogen-bond donors (Lipinski definition) is 2. The van der Waals surface area contributed by atoms with Crippen molar-refractivity contribution in [1.29, 1.82) is 0 Å². The lowest BCUT2D eigenvalue weighted by molar-refractivity contribution is 0.0601. The highest BCUT2D eigenvalue weighted by Crippen LogP contribution is 2.31. The number of nitrogens with one attached hydrogen (secondary N) is 1. The van der Waals surface area contributed by atoms with E-state index >= 15 is 0 Å². The molecule has 166 valence electrons. The number of nitrogen functional groups attached to an aromatic ring is 1. The van der Waals surface area contributed by atoms with E-state index in [1.165, 1.54) is 18.2 Å². The molecular formula is C25H29N5O2. The average molecular weight is 432 g/mol. The number of ether oxygens (including phenoxy) is 1. The number of carbonyl (C=O) groups excluding carboxylic acids is 1. The van der Waals surface area contributed by atoms with Crippen molar-refractivity contribution in [3.63, 3.8) is 0 Å². The number of fused-ring (bicyclic) bond motifs is 3. The van der Waals surface area contributed by atoms with Crippen LogP contribution >= 0.6 is 0 Å². The number of nitrogens with zero attached hydrogens (tertiary/aromatic N) is 3. The first-order chi connectivity index (χ1) is 15.5. The van der Waals surface area contributed by atoms with E-state index in [0.29, 0.717) is 29.0 Å². The summed E-state index contributed by atoms with van der Waals surface area (Å²) in [6.45, 7) is 3.70. The number of benzene rings is 2. The normalized spacial score (nSPS) is 11.3. The first-order valence-electron chi connectivity index (χ1n) is 10.9. The monoisotopic (exact) mass is 431 g/mol. The molecule has 7 heteroatoms. The lowest BCUT2D eigenvalue weighted by Crippen LogP contribution is -2.07. The number of carbonyl (C=O) groups is 1. The van der Waals surface area contributed by atoms with Gasteiger partial charge in [-0.25, -0.2) is 14.8 Å². The number of methoxy groups -OCH3 is 1. The molecule has 4 rings (SSSR count). The Bertz CT molecular complexity index is 1260. The zero-order valence-corrected chi connectivity index (χ0v) is 18.8. The van der Waals surface area contributed by atoms with Crippen molar-refractivity contribution in [2.24, 2.45) is 0 Å². The summed E-state index contributed by atoms with van der Waals surface area (Å²) in [7, 11) is 3.31. The predicted octanol–water partition coefficient (Wildman–Crippen LogP) is 4.06. The van der Waals surface area contributed by atoms with E-state index in [-0.39, 0.29) is 0 Å². The minimum atomic E-state index is -0.397. The minimum Gasteiger partial charge on any atom is -0.465 e. The van der Waals surface area contributed by atoms with Gasteiger partial charge in [0.15, 0.2) is 5.82 Å². The van der Waals surface area contributed by atoms with Crippen LogP contribution in [0.2, 0.25) is 0 Å². The van der Waals surface area contributed by atoms with E-state index in [2.05, 4.69) is 46.1 Å². The molecule has 2 heterocycles. The van der Waals surface area contributed by atoms with E-state index in [1.54, 1.807) is 12.1 Å².